The van der Waals surface area contributed by atoms with Crippen molar-refractivity contribution in [3.05, 3.63) is 59.2 Å². The fraction of sp³-hybridized carbons (Fsp3) is 0.263. The van der Waals surface area contributed by atoms with E-state index in [2.05, 4.69) is 6.92 Å². The highest BCUT2D eigenvalue weighted by molar-refractivity contribution is 5.65. The smallest absolute Gasteiger partial charge is 0.142 e. The van der Waals surface area contributed by atoms with E-state index >= 15 is 0 Å². The van der Waals surface area contributed by atoms with Crippen molar-refractivity contribution in [3.63, 3.8) is 0 Å². The van der Waals surface area contributed by atoms with Gasteiger partial charge >= 0.3 is 0 Å². The summed E-state index contributed by atoms with van der Waals surface area (Å²) in [4.78, 5) is 0. The third-order valence-electron chi connectivity index (χ3n) is 3.54. The second-order valence-corrected chi connectivity index (χ2v) is 5.11. The Morgan fingerprint density at radius 3 is 2.10 bits per heavy atom. The van der Waals surface area contributed by atoms with Crippen molar-refractivity contribution < 1.29 is 8.78 Å². The van der Waals surface area contributed by atoms with E-state index in [0.29, 0.717) is 5.56 Å². The van der Waals surface area contributed by atoms with E-state index in [0.717, 1.165) is 18.4 Å². The molecule has 0 radical (unpaired) electrons. The lowest BCUT2D eigenvalue weighted by atomic mass is 10.00. The predicted octanol–water partition coefficient (Wildman–Crippen LogP) is 5.35. The zero-order valence-corrected chi connectivity index (χ0v) is 12.1. The third-order valence-corrected chi connectivity index (χ3v) is 3.54. The normalized spacial score (nSPS) is 10.4. The molecule has 0 fully saturated rings. The molecule has 0 aromatic heterocycles. The summed E-state index contributed by atoms with van der Waals surface area (Å²) in [6.07, 6.45) is 9.69. The molecule has 0 N–H and O–H groups in total. The first kappa shape index (κ1) is 15.3. The zero-order valence-electron chi connectivity index (χ0n) is 12.1. The topological polar surface area (TPSA) is 0 Å². The molecule has 0 aliphatic rings. The Kier molecular flexibility index (Phi) is 5.11. The van der Waals surface area contributed by atoms with Gasteiger partial charge in [0, 0.05) is 0 Å². The van der Waals surface area contributed by atoms with Gasteiger partial charge in [-0.15, -0.1) is 6.42 Å². The highest BCUT2D eigenvalue weighted by Crippen LogP contribution is 2.24. The Balaban J connectivity index is 2.21. The maximum Gasteiger partial charge on any atom is 0.142 e. The zero-order chi connectivity index (χ0) is 15.2. The van der Waals surface area contributed by atoms with Crippen LogP contribution in [0.4, 0.5) is 8.78 Å². The van der Waals surface area contributed by atoms with Crippen LogP contribution in [-0.2, 0) is 6.42 Å². The van der Waals surface area contributed by atoms with E-state index in [1.54, 1.807) is 0 Å². The number of benzene rings is 2. The van der Waals surface area contributed by atoms with Crippen molar-refractivity contribution in [2.45, 2.75) is 32.6 Å². The fourth-order valence-corrected chi connectivity index (χ4v) is 2.32. The van der Waals surface area contributed by atoms with Crippen molar-refractivity contribution in [1.29, 1.82) is 0 Å². The summed E-state index contributed by atoms with van der Waals surface area (Å²) in [6, 6.07) is 10.4. The average Bonchev–Trinajstić information content (AvgIpc) is 2.48. The summed E-state index contributed by atoms with van der Waals surface area (Å²) >= 11 is 0. The molecule has 0 atom stereocenters. The van der Waals surface area contributed by atoms with E-state index in [1.807, 2.05) is 30.2 Å². The largest absolute Gasteiger partial charge is 0.205 e. The van der Waals surface area contributed by atoms with Crippen LogP contribution in [0.2, 0.25) is 0 Å². The molecular formula is C19H18F2. The molecule has 0 spiro atoms. The Morgan fingerprint density at radius 2 is 1.57 bits per heavy atom. The number of halogens is 2. The first-order valence-corrected chi connectivity index (χ1v) is 7.20. The standard InChI is InChI=1S/C19H18F2/c1-3-5-6-7-14-8-10-15(11-9-14)16-12-18(20)17(4-2)19(21)13-16/h2,8-13H,3,5-7H2,1H3. The number of unbranched alkanes of at least 4 members (excludes halogenated alkanes) is 2. The molecule has 0 unspecified atom stereocenters. The van der Waals surface area contributed by atoms with Crippen LogP contribution < -0.4 is 0 Å². The van der Waals surface area contributed by atoms with Gasteiger partial charge in [0.2, 0.25) is 0 Å². The summed E-state index contributed by atoms with van der Waals surface area (Å²) in [5.41, 5.74) is 2.23. The average molecular weight is 284 g/mol. The van der Waals surface area contributed by atoms with E-state index < -0.39 is 11.6 Å². The first-order valence-electron chi connectivity index (χ1n) is 7.20. The van der Waals surface area contributed by atoms with Gasteiger partial charge in [0.25, 0.3) is 0 Å². The molecule has 0 saturated heterocycles. The van der Waals surface area contributed by atoms with Crippen molar-refractivity contribution in [2.75, 3.05) is 0 Å². The molecule has 0 bridgehead atoms. The highest BCUT2D eigenvalue weighted by Gasteiger charge is 2.10. The van der Waals surface area contributed by atoms with Gasteiger partial charge in [-0.1, -0.05) is 50.0 Å². The maximum atomic E-state index is 13.7. The lowest BCUT2D eigenvalue weighted by molar-refractivity contribution is 0.578. The van der Waals surface area contributed by atoms with E-state index in [4.69, 9.17) is 6.42 Å². The summed E-state index contributed by atoms with van der Waals surface area (Å²) < 4.78 is 27.4. The number of rotatable bonds is 5. The van der Waals surface area contributed by atoms with E-state index in [9.17, 15) is 8.78 Å². The highest BCUT2D eigenvalue weighted by atomic mass is 19.1. The van der Waals surface area contributed by atoms with Gasteiger partial charge in [-0.05, 0) is 41.7 Å². The molecule has 0 amide bonds. The van der Waals surface area contributed by atoms with Crippen molar-refractivity contribution >= 4 is 0 Å². The number of hydrogen-bond donors (Lipinski definition) is 0. The van der Waals surface area contributed by atoms with E-state index in [1.165, 1.54) is 30.5 Å². The summed E-state index contributed by atoms with van der Waals surface area (Å²) in [5.74, 6) is 0.640. The Hall–Kier alpha value is -2.14. The molecule has 2 rings (SSSR count). The minimum atomic E-state index is -0.695. The van der Waals surface area contributed by atoms with Crippen LogP contribution >= 0.6 is 0 Å². The van der Waals surface area contributed by atoms with Crippen LogP contribution in [0.25, 0.3) is 11.1 Å². The number of terminal acetylenes is 1. The summed E-state index contributed by atoms with van der Waals surface area (Å²) in [5, 5.41) is 0. The van der Waals surface area contributed by atoms with Crippen LogP contribution in [0.15, 0.2) is 36.4 Å². The third kappa shape index (κ3) is 3.70. The summed E-state index contributed by atoms with van der Waals surface area (Å²) in [6.45, 7) is 2.17. The molecule has 108 valence electrons. The molecule has 0 heterocycles. The second-order valence-electron chi connectivity index (χ2n) is 5.11. The van der Waals surface area contributed by atoms with Gasteiger partial charge in [0.1, 0.15) is 11.6 Å². The minimum absolute atomic E-state index is 0.310. The van der Waals surface area contributed by atoms with Crippen molar-refractivity contribution in [2.24, 2.45) is 0 Å². The van der Waals surface area contributed by atoms with Crippen LogP contribution in [0.3, 0.4) is 0 Å². The van der Waals surface area contributed by atoms with Crippen LogP contribution in [0.5, 0.6) is 0 Å². The maximum absolute atomic E-state index is 13.7. The molecule has 0 nitrogen and oxygen atoms in total. The molecule has 21 heavy (non-hydrogen) atoms. The van der Waals surface area contributed by atoms with Gasteiger partial charge in [-0.25, -0.2) is 8.78 Å². The molecular weight excluding hydrogens is 266 g/mol. The van der Waals surface area contributed by atoms with Crippen LogP contribution in [0.1, 0.15) is 37.3 Å². The first-order chi connectivity index (χ1) is 10.2. The lowest BCUT2D eigenvalue weighted by Crippen LogP contribution is -1.92. The van der Waals surface area contributed by atoms with Crippen molar-refractivity contribution in [1.82, 2.24) is 0 Å². The van der Waals surface area contributed by atoms with Gasteiger partial charge < -0.3 is 0 Å². The quantitative estimate of drug-likeness (QED) is 0.513. The lowest BCUT2D eigenvalue weighted by Gasteiger charge is -2.06. The number of hydrogen-bond acceptors (Lipinski definition) is 0. The van der Waals surface area contributed by atoms with Gasteiger partial charge in [-0.2, -0.15) is 0 Å². The summed E-state index contributed by atoms with van der Waals surface area (Å²) in [7, 11) is 0. The molecule has 2 aromatic carbocycles. The Bertz CT molecular complexity index is 625. The molecule has 0 aliphatic heterocycles. The van der Waals surface area contributed by atoms with E-state index in [-0.39, 0.29) is 5.56 Å². The minimum Gasteiger partial charge on any atom is -0.205 e. The number of aryl methyl sites for hydroxylation is 1. The fourth-order valence-electron chi connectivity index (χ4n) is 2.32. The van der Waals surface area contributed by atoms with Gasteiger partial charge in [0.05, 0.1) is 5.56 Å². The second kappa shape index (κ2) is 7.04. The molecule has 0 aliphatic carbocycles. The Labute approximate surface area is 124 Å². The van der Waals surface area contributed by atoms with Crippen LogP contribution in [0, 0.1) is 24.0 Å². The van der Waals surface area contributed by atoms with Crippen LogP contribution in [-0.4, -0.2) is 0 Å². The molecule has 2 aromatic rings. The van der Waals surface area contributed by atoms with Gasteiger partial charge in [-0.3, -0.25) is 0 Å². The molecule has 2 heteroatoms. The molecule has 0 saturated carbocycles. The van der Waals surface area contributed by atoms with Crippen molar-refractivity contribution in [3.8, 4) is 23.5 Å². The Morgan fingerprint density at radius 1 is 0.952 bits per heavy atom. The SMILES string of the molecule is C#Cc1c(F)cc(-c2ccc(CCCCC)cc2)cc1F. The monoisotopic (exact) mass is 284 g/mol. The van der Waals surface area contributed by atoms with Gasteiger partial charge in [0.15, 0.2) is 0 Å². The predicted molar refractivity (Wildman–Crippen MR) is 83.0 cm³/mol.